The summed E-state index contributed by atoms with van der Waals surface area (Å²) in [6.45, 7) is 3.92. The molecule has 0 fully saturated rings. The second-order valence-corrected chi connectivity index (χ2v) is 8.11. The lowest BCUT2D eigenvalue weighted by Gasteiger charge is -2.25. The van der Waals surface area contributed by atoms with E-state index in [1.165, 1.54) is 11.2 Å². The summed E-state index contributed by atoms with van der Waals surface area (Å²) in [7, 11) is -3.60. The molecule has 5 heteroatoms. The standard InChI is InChI=1S/C19H21NO3S/c1-14-6-9-18(10-7-14)24(22,23)20-12-4-3-5-17-13-16(15(2)21)8-11-19(17)20/h6-11,13H,3-5,12H2,1-2H3. The number of carbonyl (C=O) groups is 1. The van der Waals surface area contributed by atoms with Gasteiger partial charge in [0.05, 0.1) is 10.6 Å². The lowest BCUT2D eigenvalue weighted by Crippen LogP contribution is -2.31. The summed E-state index contributed by atoms with van der Waals surface area (Å²) in [6, 6.07) is 12.2. The van der Waals surface area contributed by atoms with E-state index in [4.69, 9.17) is 0 Å². The van der Waals surface area contributed by atoms with E-state index in [1.807, 2.05) is 25.1 Å². The lowest BCUT2D eigenvalue weighted by molar-refractivity contribution is 0.101. The minimum absolute atomic E-state index is 0.00464. The first-order valence-corrected chi connectivity index (χ1v) is 9.57. The van der Waals surface area contributed by atoms with E-state index < -0.39 is 10.0 Å². The number of Topliss-reactive ketones (excluding diaryl/α,β-unsaturated/α-hetero) is 1. The Bertz CT molecular complexity index is 870. The van der Waals surface area contributed by atoms with E-state index in [1.54, 1.807) is 24.3 Å². The van der Waals surface area contributed by atoms with E-state index in [0.717, 1.165) is 30.4 Å². The summed E-state index contributed by atoms with van der Waals surface area (Å²) < 4.78 is 27.7. The van der Waals surface area contributed by atoms with Crippen LogP contribution in [0.15, 0.2) is 47.4 Å². The smallest absolute Gasteiger partial charge is 0.264 e. The number of carbonyl (C=O) groups excluding carboxylic acids is 1. The molecule has 4 nitrogen and oxygen atoms in total. The Morgan fingerprint density at radius 1 is 1.04 bits per heavy atom. The van der Waals surface area contributed by atoms with E-state index in [0.29, 0.717) is 22.7 Å². The third kappa shape index (κ3) is 3.08. The Kier molecular flexibility index (Phi) is 4.45. The Hall–Kier alpha value is -2.14. The van der Waals surface area contributed by atoms with Gasteiger partial charge in [-0.1, -0.05) is 17.7 Å². The molecule has 1 aliphatic rings. The maximum absolute atomic E-state index is 13.1. The number of fused-ring (bicyclic) bond motifs is 1. The SMILES string of the molecule is CC(=O)c1ccc2c(c1)CCCCN2S(=O)(=O)c1ccc(C)cc1. The molecule has 1 heterocycles. The number of hydrogen-bond donors (Lipinski definition) is 0. The molecule has 0 N–H and O–H groups in total. The molecule has 0 aliphatic carbocycles. The number of hydrogen-bond acceptors (Lipinski definition) is 3. The zero-order chi connectivity index (χ0) is 17.3. The summed E-state index contributed by atoms with van der Waals surface area (Å²) in [5.74, 6) is -0.00464. The van der Waals surface area contributed by atoms with Gasteiger partial charge in [-0.15, -0.1) is 0 Å². The maximum Gasteiger partial charge on any atom is 0.264 e. The molecule has 126 valence electrons. The summed E-state index contributed by atoms with van der Waals surface area (Å²) >= 11 is 0. The third-order valence-electron chi connectivity index (χ3n) is 4.42. The van der Waals surface area contributed by atoms with Crippen LogP contribution in [-0.4, -0.2) is 20.7 Å². The van der Waals surface area contributed by atoms with Crippen molar-refractivity contribution < 1.29 is 13.2 Å². The van der Waals surface area contributed by atoms with E-state index in [2.05, 4.69) is 0 Å². The van der Waals surface area contributed by atoms with E-state index in [9.17, 15) is 13.2 Å². The summed E-state index contributed by atoms with van der Waals surface area (Å²) in [5.41, 5.74) is 3.27. The van der Waals surface area contributed by atoms with Gasteiger partial charge in [-0.2, -0.15) is 0 Å². The highest BCUT2D eigenvalue weighted by atomic mass is 32.2. The van der Waals surface area contributed by atoms with Crippen molar-refractivity contribution in [2.45, 2.75) is 38.0 Å². The average molecular weight is 343 g/mol. The van der Waals surface area contributed by atoms with Gasteiger partial charge in [0.15, 0.2) is 5.78 Å². The molecular weight excluding hydrogens is 322 g/mol. The topological polar surface area (TPSA) is 54.5 Å². The normalized spacial score (nSPS) is 14.8. The molecule has 0 radical (unpaired) electrons. The minimum Gasteiger partial charge on any atom is -0.295 e. The molecule has 0 atom stereocenters. The quantitative estimate of drug-likeness (QED) is 0.798. The molecule has 0 saturated heterocycles. The van der Waals surface area contributed by atoms with Crippen LogP contribution in [0.5, 0.6) is 0 Å². The molecule has 24 heavy (non-hydrogen) atoms. The maximum atomic E-state index is 13.1. The Morgan fingerprint density at radius 3 is 2.42 bits per heavy atom. The minimum atomic E-state index is -3.60. The Labute approximate surface area is 143 Å². The second kappa shape index (κ2) is 6.40. The fraction of sp³-hybridized carbons (Fsp3) is 0.316. The molecule has 3 rings (SSSR count). The molecule has 1 aliphatic heterocycles. The molecule has 0 unspecified atom stereocenters. The molecule has 0 saturated carbocycles. The molecule has 0 amide bonds. The van der Waals surface area contributed by atoms with Crippen molar-refractivity contribution in [3.05, 3.63) is 59.2 Å². The van der Waals surface area contributed by atoms with Gasteiger partial charge in [0, 0.05) is 12.1 Å². The van der Waals surface area contributed by atoms with Gasteiger partial charge in [0.25, 0.3) is 10.0 Å². The van der Waals surface area contributed by atoms with Crippen molar-refractivity contribution in [1.82, 2.24) is 0 Å². The van der Waals surface area contributed by atoms with Crippen LogP contribution in [-0.2, 0) is 16.4 Å². The van der Waals surface area contributed by atoms with Crippen LogP contribution in [0.3, 0.4) is 0 Å². The Morgan fingerprint density at radius 2 is 1.75 bits per heavy atom. The number of sulfonamides is 1. The summed E-state index contributed by atoms with van der Waals surface area (Å²) in [6.07, 6.45) is 2.50. The molecular formula is C19H21NO3S. The zero-order valence-electron chi connectivity index (χ0n) is 14.0. The predicted molar refractivity (Wildman–Crippen MR) is 95.1 cm³/mol. The van der Waals surface area contributed by atoms with Crippen molar-refractivity contribution in [3.8, 4) is 0 Å². The molecule has 2 aromatic carbocycles. The van der Waals surface area contributed by atoms with E-state index in [-0.39, 0.29) is 5.78 Å². The van der Waals surface area contributed by atoms with Crippen LogP contribution in [0, 0.1) is 6.92 Å². The van der Waals surface area contributed by atoms with Gasteiger partial charge in [0.2, 0.25) is 0 Å². The van der Waals surface area contributed by atoms with Crippen LogP contribution < -0.4 is 4.31 Å². The number of benzene rings is 2. The van der Waals surface area contributed by atoms with Crippen LogP contribution >= 0.6 is 0 Å². The van der Waals surface area contributed by atoms with Crippen LogP contribution in [0.25, 0.3) is 0 Å². The highest BCUT2D eigenvalue weighted by Gasteiger charge is 2.28. The first kappa shape index (κ1) is 16.7. The van der Waals surface area contributed by atoms with Crippen molar-refractivity contribution in [2.24, 2.45) is 0 Å². The fourth-order valence-corrected chi connectivity index (χ4v) is 4.57. The number of rotatable bonds is 3. The summed E-state index contributed by atoms with van der Waals surface area (Å²) in [5, 5.41) is 0. The first-order chi connectivity index (χ1) is 11.4. The predicted octanol–water partition coefficient (Wildman–Crippen LogP) is 3.73. The van der Waals surface area contributed by atoms with Gasteiger partial charge in [0.1, 0.15) is 0 Å². The number of aryl methyl sites for hydroxylation is 2. The van der Waals surface area contributed by atoms with Gasteiger partial charge in [-0.3, -0.25) is 9.10 Å². The first-order valence-electron chi connectivity index (χ1n) is 8.13. The highest BCUT2D eigenvalue weighted by Crippen LogP contribution is 2.32. The van der Waals surface area contributed by atoms with Crippen molar-refractivity contribution in [1.29, 1.82) is 0 Å². The lowest BCUT2D eigenvalue weighted by atomic mass is 10.0. The van der Waals surface area contributed by atoms with Crippen LogP contribution in [0.1, 0.15) is 41.3 Å². The van der Waals surface area contributed by atoms with Crippen molar-refractivity contribution in [2.75, 3.05) is 10.8 Å². The second-order valence-electron chi connectivity index (χ2n) is 6.25. The van der Waals surface area contributed by atoms with Gasteiger partial charge >= 0.3 is 0 Å². The zero-order valence-corrected chi connectivity index (χ0v) is 14.8. The molecule has 0 bridgehead atoms. The molecule has 0 aromatic heterocycles. The van der Waals surface area contributed by atoms with Gasteiger partial charge in [-0.25, -0.2) is 8.42 Å². The number of nitrogens with zero attached hydrogens (tertiary/aromatic N) is 1. The number of anilines is 1. The molecule has 2 aromatic rings. The average Bonchev–Trinajstić information content (AvgIpc) is 2.77. The highest BCUT2D eigenvalue weighted by molar-refractivity contribution is 7.92. The van der Waals surface area contributed by atoms with E-state index >= 15 is 0 Å². The van der Waals surface area contributed by atoms with Crippen LogP contribution in [0.4, 0.5) is 5.69 Å². The van der Waals surface area contributed by atoms with Crippen molar-refractivity contribution >= 4 is 21.5 Å². The number of ketones is 1. The van der Waals surface area contributed by atoms with Gasteiger partial charge in [-0.05, 0) is 69.0 Å². The third-order valence-corrected chi connectivity index (χ3v) is 6.25. The monoisotopic (exact) mass is 343 g/mol. The van der Waals surface area contributed by atoms with Crippen LogP contribution in [0.2, 0.25) is 0 Å². The van der Waals surface area contributed by atoms with Gasteiger partial charge < -0.3 is 0 Å². The fourth-order valence-electron chi connectivity index (χ4n) is 3.03. The largest absolute Gasteiger partial charge is 0.295 e. The van der Waals surface area contributed by atoms with Crippen molar-refractivity contribution in [3.63, 3.8) is 0 Å². The summed E-state index contributed by atoms with van der Waals surface area (Å²) in [4.78, 5) is 11.9. The Balaban J connectivity index is 2.08. The molecule has 0 spiro atoms.